The van der Waals surface area contributed by atoms with Crippen molar-refractivity contribution in [3.8, 4) is 0 Å². The lowest BCUT2D eigenvalue weighted by Crippen LogP contribution is -2.70. The van der Waals surface area contributed by atoms with Crippen LogP contribution in [0, 0.1) is 22.7 Å². The van der Waals surface area contributed by atoms with Crippen molar-refractivity contribution >= 4 is 11.6 Å². The van der Waals surface area contributed by atoms with Crippen molar-refractivity contribution in [3.63, 3.8) is 0 Å². The van der Waals surface area contributed by atoms with Crippen molar-refractivity contribution in [2.24, 2.45) is 22.7 Å². The highest BCUT2D eigenvalue weighted by Crippen LogP contribution is 2.69. The third kappa shape index (κ3) is 2.89. The van der Waals surface area contributed by atoms with Crippen LogP contribution in [-0.4, -0.2) is 68.2 Å². The highest BCUT2D eigenvalue weighted by Gasteiger charge is 2.77. The first-order valence-corrected chi connectivity index (χ1v) is 10.9. The van der Waals surface area contributed by atoms with E-state index in [1.807, 2.05) is 6.92 Å². The third-order valence-electron chi connectivity index (χ3n) is 8.42. The number of fused-ring (bicyclic) bond motifs is 5. The van der Waals surface area contributed by atoms with Gasteiger partial charge in [0, 0.05) is 16.7 Å². The predicted octanol–water partition coefficient (Wildman–Crippen LogP) is 1.76. The lowest BCUT2D eigenvalue weighted by atomic mass is 9.44. The van der Waals surface area contributed by atoms with Gasteiger partial charge >= 0.3 is 0 Å². The molecule has 4 aliphatic carbocycles. The summed E-state index contributed by atoms with van der Waals surface area (Å²) in [4.78, 5) is 24.2. The fourth-order valence-corrected chi connectivity index (χ4v) is 6.84. The van der Waals surface area contributed by atoms with E-state index in [4.69, 9.17) is 0 Å². The normalized spacial score (nSPS) is 49.1. The molecule has 9 atom stereocenters. The van der Waals surface area contributed by atoms with E-state index >= 15 is 8.78 Å². The molecular formula is C24H32F2O6. The van der Waals surface area contributed by atoms with E-state index in [1.54, 1.807) is 6.08 Å². The minimum Gasteiger partial charge on any atom is -0.390 e. The zero-order chi connectivity index (χ0) is 24.3. The van der Waals surface area contributed by atoms with Gasteiger partial charge in [-0.1, -0.05) is 19.1 Å². The predicted molar refractivity (Wildman–Crippen MR) is 113 cm³/mol. The van der Waals surface area contributed by atoms with Gasteiger partial charge in [-0.2, -0.15) is 0 Å². The molecule has 0 saturated heterocycles. The Bertz CT molecular complexity index is 886. The number of carbonyl (C=O) groups is 2. The third-order valence-corrected chi connectivity index (χ3v) is 8.42. The van der Waals surface area contributed by atoms with E-state index < -0.39 is 70.5 Å². The van der Waals surface area contributed by atoms with Crippen molar-refractivity contribution < 1.29 is 38.8 Å². The number of ketones is 2. The molecule has 3 fully saturated rings. The Morgan fingerprint density at radius 1 is 1.25 bits per heavy atom. The lowest BCUT2D eigenvalue weighted by Gasteiger charge is -2.62. The van der Waals surface area contributed by atoms with Crippen LogP contribution in [0.1, 0.15) is 40.0 Å². The molecule has 3 saturated carbocycles. The smallest absolute Gasteiger partial charge is 0.192 e. The zero-order valence-electron chi connectivity index (χ0n) is 18.6. The van der Waals surface area contributed by atoms with Crippen LogP contribution in [0.25, 0.3) is 0 Å². The number of Topliss-reactive ketones (excluding diaryl/α,β-unsaturated/α-hetero) is 1. The Morgan fingerprint density at radius 2 is 1.84 bits per heavy atom. The Hall–Kier alpha value is -1.74. The lowest BCUT2D eigenvalue weighted by molar-refractivity contribution is -0.226. The van der Waals surface area contributed by atoms with Crippen LogP contribution in [0.4, 0.5) is 8.78 Å². The highest BCUT2D eigenvalue weighted by molar-refractivity contribution is 6.01. The number of aliphatic hydroxyl groups is 4. The largest absolute Gasteiger partial charge is 0.390 e. The number of rotatable bonds is 2. The Balaban J connectivity index is 0.000000913. The van der Waals surface area contributed by atoms with Gasteiger partial charge in [-0.05, 0) is 56.8 Å². The monoisotopic (exact) mass is 454 g/mol. The summed E-state index contributed by atoms with van der Waals surface area (Å²) in [6, 6.07) is 0. The minimum absolute atomic E-state index is 0.0216. The molecule has 32 heavy (non-hydrogen) atoms. The molecule has 8 heteroatoms. The average molecular weight is 455 g/mol. The minimum atomic E-state index is -2.37. The van der Waals surface area contributed by atoms with Gasteiger partial charge in [0.15, 0.2) is 22.8 Å². The molecule has 0 aliphatic heterocycles. The maximum atomic E-state index is 16.8. The quantitative estimate of drug-likeness (QED) is 0.473. The molecule has 0 amide bonds. The first-order chi connectivity index (χ1) is 14.8. The molecule has 7 unspecified atom stereocenters. The molecular weight excluding hydrogens is 422 g/mol. The van der Waals surface area contributed by atoms with E-state index in [2.05, 4.69) is 6.58 Å². The van der Waals surface area contributed by atoms with Gasteiger partial charge in [0.2, 0.25) is 0 Å². The highest BCUT2D eigenvalue weighted by atomic mass is 19.1. The molecule has 178 valence electrons. The number of aliphatic hydroxyl groups excluding tert-OH is 3. The summed E-state index contributed by atoms with van der Waals surface area (Å²) in [5.74, 6) is -3.37. The van der Waals surface area contributed by atoms with Crippen molar-refractivity contribution in [2.45, 2.75) is 69.7 Å². The molecule has 0 spiro atoms. The molecule has 0 aromatic rings. The van der Waals surface area contributed by atoms with Crippen molar-refractivity contribution in [2.75, 3.05) is 6.61 Å². The average Bonchev–Trinajstić information content (AvgIpc) is 2.93. The molecule has 0 radical (unpaired) electrons. The Morgan fingerprint density at radius 3 is 2.41 bits per heavy atom. The zero-order valence-corrected chi connectivity index (χ0v) is 18.6. The van der Waals surface area contributed by atoms with Gasteiger partial charge in [-0.25, -0.2) is 8.78 Å². The summed E-state index contributed by atoms with van der Waals surface area (Å²) in [6.45, 7) is 7.16. The molecule has 4 N–H and O–H groups in total. The number of halogens is 2. The van der Waals surface area contributed by atoms with Gasteiger partial charge in [0.1, 0.15) is 12.8 Å². The summed E-state index contributed by atoms with van der Waals surface area (Å²) in [7, 11) is 0. The van der Waals surface area contributed by atoms with Crippen LogP contribution < -0.4 is 0 Å². The summed E-state index contributed by atoms with van der Waals surface area (Å²) in [5.41, 5.74) is -7.76. The number of hydrogen-bond acceptors (Lipinski definition) is 6. The standard InChI is InChI=1S/C21H26F2O6.C3H6/c1-18-4-3-10(25)5-13(18)14(22)6-12-11-7-15(26)21(29,17(28)9-24)19(11,2)8-16(27)20(12,18)23;1-3-2/h3-5,11-12,14-16,24,26-27,29H,6-9H2,1-2H3;3H,1H2,2H3/t11?,12?,14-,15?,16?,18?,19?,20-,21?;/m0./s1. The maximum Gasteiger partial charge on any atom is 0.192 e. The van der Waals surface area contributed by atoms with Gasteiger partial charge in [-0.15, -0.1) is 6.58 Å². The van der Waals surface area contributed by atoms with Crippen LogP contribution in [0.15, 0.2) is 36.5 Å². The second kappa shape index (κ2) is 7.94. The Labute approximate surface area is 186 Å². The Kier molecular flexibility index (Phi) is 6.17. The maximum absolute atomic E-state index is 16.8. The van der Waals surface area contributed by atoms with Crippen molar-refractivity contribution in [1.82, 2.24) is 0 Å². The fraction of sp³-hybridized carbons (Fsp3) is 0.667. The second-order valence-electron chi connectivity index (χ2n) is 9.87. The van der Waals surface area contributed by atoms with Crippen LogP contribution in [0.3, 0.4) is 0 Å². The molecule has 0 aromatic heterocycles. The molecule has 4 aliphatic rings. The molecule has 0 heterocycles. The van der Waals surface area contributed by atoms with Crippen molar-refractivity contribution in [1.29, 1.82) is 0 Å². The van der Waals surface area contributed by atoms with Gasteiger partial charge in [0.05, 0.1) is 12.2 Å². The van der Waals surface area contributed by atoms with E-state index in [0.29, 0.717) is 0 Å². The van der Waals surface area contributed by atoms with Crippen LogP contribution in [-0.2, 0) is 9.59 Å². The van der Waals surface area contributed by atoms with Crippen molar-refractivity contribution in [3.05, 3.63) is 36.5 Å². The molecule has 0 bridgehead atoms. The first kappa shape index (κ1) is 24.9. The number of alkyl halides is 2. The van der Waals surface area contributed by atoms with Crippen LogP contribution >= 0.6 is 0 Å². The second-order valence-corrected chi connectivity index (χ2v) is 9.87. The fourth-order valence-electron chi connectivity index (χ4n) is 6.84. The van der Waals surface area contributed by atoms with Crippen LogP contribution in [0.5, 0.6) is 0 Å². The SMILES string of the molecule is C=CC.CC12CC(O)[C@@]3(F)C(C[C@H](F)C4=CC(=O)C=CC43C)C1CC(O)C2(O)C(=O)CO. The first-order valence-electron chi connectivity index (χ1n) is 10.9. The number of hydrogen-bond donors (Lipinski definition) is 4. The van der Waals surface area contributed by atoms with E-state index in [-0.39, 0.29) is 24.8 Å². The van der Waals surface area contributed by atoms with E-state index in [9.17, 15) is 30.0 Å². The van der Waals surface area contributed by atoms with Crippen LogP contribution in [0.2, 0.25) is 0 Å². The van der Waals surface area contributed by atoms with E-state index in [1.165, 1.54) is 19.9 Å². The number of carbonyl (C=O) groups excluding carboxylic acids is 2. The molecule has 4 rings (SSSR count). The summed E-state index contributed by atoms with van der Waals surface area (Å²) < 4.78 is 32.0. The van der Waals surface area contributed by atoms with Gasteiger partial charge < -0.3 is 20.4 Å². The van der Waals surface area contributed by atoms with Gasteiger partial charge in [0.25, 0.3) is 0 Å². The topological polar surface area (TPSA) is 115 Å². The molecule has 0 aromatic carbocycles. The van der Waals surface area contributed by atoms with E-state index in [0.717, 1.165) is 12.2 Å². The summed E-state index contributed by atoms with van der Waals surface area (Å²) in [6.07, 6.45) is -0.464. The number of allylic oxidation sites excluding steroid dienone is 5. The summed E-state index contributed by atoms with van der Waals surface area (Å²) >= 11 is 0. The summed E-state index contributed by atoms with van der Waals surface area (Å²) in [5, 5.41) is 42.0. The molecule has 6 nitrogen and oxygen atoms in total. The van der Waals surface area contributed by atoms with Gasteiger partial charge in [-0.3, -0.25) is 9.59 Å².